The quantitative estimate of drug-likeness (QED) is 0.567. The first-order chi connectivity index (χ1) is 11.6. The maximum atomic E-state index is 10.2. The molecule has 0 amide bonds. The molecule has 0 saturated heterocycles. The fraction of sp³-hybridized carbons (Fsp3) is 0.176. The fourth-order valence-electron chi connectivity index (χ4n) is 2.42. The van der Waals surface area contributed by atoms with Gasteiger partial charge in [-0.05, 0) is 18.2 Å². The Morgan fingerprint density at radius 3 is 2.54 bits per heavy atom. The summed E-state index contributed by atoms with van der Waals surface area (Å²) in [5.74, 6) is 0.522. The van der Waals surface area contributed by atoms with Crippen LogP contribution in [-0.2, 0) is 0 Å². The summed E-state index contributed by atoms with van der Waals surface area (Å²) in [5, 5.41) is 41.9. The summed E-state index contributed by atoms with van der Waals surface area (Å²) < 4.78 is 0. The van der Waals surface area contributed by atoms with Crippen LogP contribution in [0.1, 0.15) is 0 Å². The summed E-state index contributed by atoms with van der Waals surface area (Å²) in [6.07, 6.45) is -0.884. The Balaban J connectivity index is 2.08. The predicted molar refractivity (Wildman–Crippen MR) is 93.2 cm³/mol. The summed E-state index contributed by atoms with van der Waals surface area (Å²) in [7, 11) is 0. The van der Waals surface area contributed by atoms with Gasteiger partial charge < -0.3 is 20.6 Å². The lowest BCUT2D eigenvalue weighted by Crippen LogP contribution is -2.23. The molecule has 1 atom stereocenters. The molecule has 2 aromatic carbocycles. The molecule has 0 aliphatic carbocycles. The van der Waals surface area contributed by atoms with Crippen LogP contribution in [0.5, 0.6) is 5.75 Å². The van der Waals surface area contributed by atoms with Crippen molar-refractivity contribution in [1.82, 2.24) is 10.2 Å². The maximum Gasteiger partial charge on any atom is 0.156 e. The van der Waals surface area contributed by atoms with Crippen LogP contribution in [0.2, 0.25) is 5.02 Å². The first-order valence-electron chi connectivity index (χ1n) is 7.37. The third-order valence-electron chi connectivity index (χ3n) is 3.62. The number of benzene rings is 2. The van der Waals surface area contributed by atoms with E-state index in [1.807, 2.05) is 24.3 Å². The average molecular weight is 346 g/mol. The van der Waals surface area contributed by atoms with Gasteiger partial charge >= 0.3 is 0 Å². The molecule has 0 spiro atoms. The van der Waals surface area contributed by atoms with Crippen molar-refractivity contribution in [2.45, 2.75) is 6.10 Å². The minimum absolute atomic E-state index is 0.0263. The van der Waals surface area contributed by atoms with Crippen LogP contribution in [0.15, 0.2) is 42.5 Å². The van der Waals surface area contributed by atoms with E-state index in [4.69, 9.17) is 16.7 Å². The number of aliphatic hydroxyl groups is 2. The summed E-state index contributed by atoms with van der Waals surface area (Å²) in [6.45, 7) is -0.185. The van der Waals surface area contributed by atoms with E-state index in [1.54, 1.807) is 12.1 Å². The molecule has 1 unspecified atom stereocenters. The number of aliphatic hydroxyl groups excluding tert-OH is 2. The Kier molecular flexibility index (Phi) is 4.80. The summed E-state index contributed by atoms with van der Waals surface area (Å²) in [4.78, 5) is 0. The van der Waals surface area contributed by atoms with Crippen molar-refractivity contribution in [2.24, 2.45) is 0 Å². The second kappa shape index (κ2) is 7.00. The molecule has 4 N–H and O–H groups in total. The Morgan fingerprint density at radius 2 is 1.83 bits per heavy atom. The van der Waals surface area contributed by atoms with Gasteiger partial charge in [-0.1, -0.05) is 35.9 Å². The van der Waals surface area contributed by atoms with Crippen LogP contribution >= 0.6 is 11.6 Å². The highest BCUT2D eigenvalue weighted by Gasteiger charge is 2.14. The number of phenolic OH excluding ortho intramolecular Hbond substituents is 1. The predicted octanol–water partition coefficient (Wildman–Crippen LogP) is 2.42. The van der Waals surface area contributed by atoms with Crippen LogP contribution in [0.4, 0.5) is 5.82 Å². The van der Waals surface area contributed by atoms with Crippen LogP contribution < -0.4 is 5.32 Å². The van der Waals surface area contributed by atoms with Gasteiger partial charge in [-0.2, -0.15) is 0 Å². The number of hydrogen-bond acceptors (Lipinski definition) is 6. The van der Waals surface area contributed by atoms with Gasteiger partial charge in [0.25, 0.3) is 0 Å². The number of nitrogens with zero attached hydrogens (tertiary/aromatic N) is 2. The molecule has 124 valence electrons. The van der Waals surface area contributed by atoms with Crippen LogP contribution in [0, 0.1) is 0 Å². The molecule has 7 heteroatoms. The summed E-state index contributed by atoms with van der Waals surface area (Å²) in [6, 6.07) is 12.3. The first kappa shape index (κ1) is 16.4. The molecule has 3 aromatic rings. The molecule has 0 bridgehead atoms. The number of phenols is 1. The topological polar surface area (TPSA) is 98.5 Å². The van der Waals surface area contributed by atoms with Crippen molar-refractivity contribution in [1.29, 1.82) is 0 Å². The molecule has 6 nitrogen and oxygen atoms in total. The zero-order chi connectivity index (χ0) is 17.1. The van der Waals surface area contributed by atoms with Crippen LogP contribution in [0.25, 0.3) is 22.0 Å². The zero-order valence-corrected chi connectivity index (χ0v) is 13.4. The lowest BCUT2D eigenvalue weighted by Gasteiger charge is -2.13. The third-order valence-corrected chi connectivity index (χ3v) is 3.85. The number of halogens is 1. The smallest absolute Gasteiger partial charge is 0.156 e. The largest absolute Gasteiger partial charge is 0.507 e. The highest BCUT2D eigenvalue weighted by molar-refractivity contribution is 6.30. The summed E-state index contributed by atoms with van der Waals surface area (Å²) in [5.41, 5.74) is 1.07. The minimum atomic E-state index is -0.884. The lowest BCUT2D eigenvalue weighted by molar-refractivity contribution is 0.105. The molecule has 0 radical (unpaired) electrons. The minimum Gasteiger partial charge on any atom is -0.507 e. The highest BCUT2D eigenvalue weighted by Crippen LogP contribution is 2.35. The third kappa shape index (κ3) is 3.26. The number of rotatable bonds is 5. The Morgan fingerprint density at radius 1 is 1.08 bits per heavy atom. The summed E-state index contributed by atoms with van der Waals surface area (Å²) >= 11 is 5.88. The number of aromatic hydroxyl groups is 1. The zero-order valence-electron chi connectivity index (χ0n) is 12.6. The second-order valence-corrected chi connectivity index (χ2v) is 5.76. The van der Waals surface area contributed by atoms with Crippen molar-refractivity contribution in [3.05, 3.63) is 47.5 Å². The molecule has 0 fully saturated rings. The maximum absolute atomic E-state index is 10.2. The van der Waals surface area contributed by atoms with Crippen molar-refractivity contribution in [3.8, 4) is 17.0 Å². The van der Waals surface area contributed by atoms with E-state index in [0.29, 0.717) is 22.1 Å². The van der Waals surface area contributed by atoms with Gasteiger partial charge in [0.15, 0.2) is 5.82 Å². The normalized spacial score (nSPS) is 12.3. The van der Waals surface area contributed by atoms with Gasteiger partial charge in [0.2, 0.25) is 0 Å². The van der Waals surface area contributed by atoms with Crippen molar-refractivity contribution >= 4 is 28.2 Å². The highest BCUT2D eigenvalue weighted by atomic mass is 35.5. The molecular weight excluding hydrogens is 330 g/mol. The van der Waals surface area contributed by atoms with Crippen molar-refractivity contribution in [2.75, 3.05) is 18.5 Å². The fourth-order valence-corrected chi connectivity index (χ4v) is 2.58. The Hall–Kier alpha value is -2.41. The van der Waals surface area contributed by atoms with Gasteiger partial charge in [-0.3, -0.25) is 0 Å². The Labute approximate surface area is 143 Å². The van der Waals surface area contributed by atoms with E-state index in [1.165, 1.54) is 6.07 Å². The van der Waals surface area contributed by atoms with Gasteiger partial charge in [0.1, 0.15) is 11.4 Å². The second-order valence-electron chi connectivity index (χ2n) is 5.32. The molecule has 0 aliphatic heterocycles. The molecule has 3 rings (SSSR count). The number of anilines is 1. The molecule has 24 heavy (non-hydrogen) atoms. The first-order valence-corrected chi connectivity index (χ1v) is 7.75. The van der Waals surface area contributed by atoms with Crippen molar-refractivity contribution in [3.63, 3.8) is 0 Å². The standard InChI is InChI=1S/C17H16ClN3O3/c18-10-5-6-14(15(24)7-10)16-12-3-1-2-4-13(12)17(21-20-16)19-8-11(23)9-22/h1-7,11,22-24H,8-9H2,(H,19,21). The number of aromatic nitrogens is 2. The van der Waals surface area contributed by atoms with E-state index < -0.39 is 6.10 Å². The van der Waals surface area contributed by atoms with E-state index in [9.17, 15) is 10.2 Å². The Bertz CT molecular complexity index is 873. The molecule has 0 saturated carbocycles. The number of nitrogens with one attached hydrogen (secondary N) is 1. The molecule has 1 heterocycles. The molecular formula is C17H16ClN3O3. The average Bonchev–Trinajstić information content (AvgIpc) is 2.60. The van der Waals surface area contributed by atoms with E-state index >= 15 is 0 Å². The number of hydrogen-bond donors (Lipinski definition) is 4. The van der Waals surface area contributed by atoms with Gasteiger partial charge in [0, 0.05) is 27.9 Å². The monoisotopic (exact) mass is 345 g/mol. The van der Waals surface area contributed by atoms with E-state index in [0.717, 1.165) is 10.8 Å². The van der Waals surface area contributed by atoms with Gasteiger partial charge in [-0.15, -0.1) is 10.2 Å². The van der Waals surface area contributed by atoms with Crippen LogP contribution in [-0.4, -0.2) is 44.8 Å². The van der Waals surface area contributed by atoms with Crippen molar-refractivity contribution < 1.29 is 15.3 Å². The van der Waals surface area contributed by atoms with Crippen LogP contribution in [0.3, 0.4) is 0 Å². The SMILES string of the molecule is OCC(O)CNc1nnc(-c2ccc(Cl)cc2O)c2ccccc12. The lowest BCUT2D eigenvalue weighted by atomic mass is 10.0. The van der Waals surface area contributed by atoms with Gasteiger partial charge in [-0.25, -0.2) is 0 Å². The number of fused-ring (bicyclic) bond motifs is 1. The van der Waals surface area contributed by atoms with E-state index in [-0.39, 0.29) is 18.9 Å². The molecule has 0 aliphatic rings. The van der Waals surface area contributed by atoms with E-state index in [2.05, 4.69) is 15.5 Å². The van der Waals surface area contributed by atoms with Gasteiger partial charge in [0.05, 0.1) is 12.7 Å². The molecule has 1 aromatic heterocycles.